The Morgan fingerprint density at radius 3 is 2.38 bits per heavy atom. The van der Waals surface area contributed by atoms with Gasteiger partial charge in [0.05, 0.1) is 0 Å². The van der Waals surface area contributed by atoms with Crippen molar-refractivity contribution in [3.63, 3.8) is 0 Å². The van der Waals surface area contributed by atoms with E-state index in [1.54, 1.807) is 6.92 Å². The summed E-state index contributed by atoms with van der Waals surface area (Å²) in [6.07, 6.45) is 3.42. The Morgan fingerprint density at radius 2 is 1.94 bits per heavy atom. The van der Waals surface area contributed by atoms with Crippen LogP contribution in [-0.2, 0) is 4.79 Å². The number of nitrogens with one attached hydrogen (secondary N) is 1. The zero-order valence-electron chi connectivity index (χ0n) is 11.1. The molecule has 3 nitrogen and oxygen atoms in total. The second-order valence-electron chi connectivity index (χ2n) is 5.12. The summed E-state index contributed by atoms with van der Waals surface area (Å²) in [5.41, 5.74) is 0. The van der Waals surface area contributed by atoms with Crippen LogP contribution < -0.4 is 5.32 Å². The van der Waals surface area contributed by atoms with Gasteiger partial charge in [0.2, 0.25) is 5.91 Å². The Balaban J connectivity index is 2.29. The molecule has 0 aromatic heterocycles. The van der Waals surface area contributed by atoms with Crippen LogP contribution in [0.4, 0.5) is 0 Å². The first-order valence-electron chi connectivity index (χ1n) is 6.56. The van der Waals surface area contributed by atoms with Crippen LogP contribution in [-0.4, -0.2) is 36.0 Å². The van der Waals surface area contributed by atoms with Crippen molar-refractivity contribution >= 4 is 5.91 Å². The fraction of sp³-hybridized carbons (Fsp3) is 0.923. The highest BCUT2D eigenvalue weighted by Gasteiger charge is 2.22. The monoisotopic (exact) mass is 226 g/mol. The summed E-state index contributed by atoms with van der Waals surface area (Å²) in [7, 11) is 0. The number of rotatable bonds is 4. The van der Waals surface area contributed by atoms with Gasteiger partial charge in [0.1, 0.15) is 0 Å². The van der Waals surface area contributed by atoms with Gasteiger partial charge in [-0.15, -0.1) is 0 Å². The minimum atomic E-state index is 0.216. The van der Waals surface area contributed by atoms with Crippen LogP contribution in [0.1, 0.15) is 47.0 Å². The second kappa shape index (κ2) is 6.24. The van der Waals surface area contributed by atoms with E-state index in [1.165, 1.54) is 6.42 Å². The van der Waals surface area contributed by atoms with Gasteiger partial charge in [-0.1, -0.05) is 20.3 Å². The third-order valence-electron chi connectivity index (χ3n) is 3.94. The average molecular weight is 226 g/mol. The third-order valence-corrected chi connectivity index (χ3v) is 3.94. The maximum absolute atomic E-state index is 11.2. The van der Waals surface area contributed by atoms with Gasteiger partial charge in [-0.3, -0.25) is 4.79 Å². The second-order valence-corrected chi connectivity index (χ2v) is 5.12. The lowest BCUT2D eigenvalue weighted by atomic mass is 9.97. The lowest BCUT2D eigenvalue weighted by molar-refractivity contribution is -0.129. The Bertz CT molecular complexity index is 222. The van der Waals surface area contributed by atoms with E-state index in [1.807, 2.05) is 4.90 Å². The van der Waals surface area contributed by atoms with Crippen LogP contribution in [0.5, 0.6) is 0 Å². The van der Waals surface area contributed by atoms with Crippen molar-refractivity contribution in [1.29, 1.82) is 0 Å². The summed E-state index contributed by atoms with van der Waals surface area (Å²) in [6.45, 7) is 10.3. The van der Waals surface area contributed by atoms with Crippen LogP contribution in [0.2, 0.25) is 0 Å². The highest BCUT2D eigenvalue weighted by Crippen LogP contribution is 2.14. The summed E-state index contributed by atoms with van der Waals surface area (Å²) in [4.78, 5) is 13.1. The summed E-state index contributed by atoms with van der Waals surface area (Å²) in [6, 6.07) is 1.18. The molecule has 0 saturated carbocycles. The summed E-state index contributed by atoms with van der Waals surface area (Å²) >= 11 is 0. The predicted molar refractivity (Wildman–Crippen MR) is 67.3 cm³/mol. The Labute approximate surface area is 99.6 Å². The van der Waals surface area contributed by atoms with Crippen molar-refractivity contribution in [2.45, 2.75) is 59.0 Å². The van der Waals surface area contributed by atoms with Gasteiger partial charge in [0.15, 0.2) is 0 Å². The highest BCUT2D eigenvalue weighted by atomic mass is 16.2. The molecular formula is C13H26N2O. The smallest absolute Gasteiger partial charge is 0.219 e. The molecule has 0 radical (unpaired) electrons. The van der Waals surface area contributed by atoms with E-state index in [0.717, 1.165) is 31.8 Å². The fourth-order valence-electron chi connectivity index (χ4n) is 2.25. The molecule has 1 heterocycles. The molecule has 1 amide bonds. The standard InChI is InChI=1S/C13H26N2O/c1-5-10(2)11(3)14-13-6-8-15(9-7-13)12(4)16/h10-11,13-14H,5-9H2,1-4H3. The number of piperidine rings is 1. The van der Waals surface area contributed by atoms with Crippen LogP contribution in [0.15, 0.2) is 0 Å². The molecule has 0 spiro atoms. The maximum atomic E-state index is 11.2. The summed E-state index contributed by atoms with van der Waals surface area (Å²) in [5.74, 6) is 0.944. The molecular weight excluding hydrogens is 200 g/mol. The van der Waals surface area contributed by atoms with Gasteiger partial charge < -0.3 is 10.2 Å². The quantitative estimate of drug-likeness (QED) is 0.795. The van der Waals surface area contributed by atoms with Crippen molar-refractivity contribution in [3.05, 3.63) is 0 Å². The van der Waals surface area contributed by atoms with E-state index in [2.05, 4.69) is 26.1 Å². The number of hydrogen-bond donors (Lipinski definition) is 1. The minimum Gasteiger partial charge on any atom is -0.343 e. The van der Waals surface area contributed by atoms with Crippen molar-refractivity contribution < 1.29 is 4.79 Å². The zero-order chi connectivity index (χ0) is 12.1. The first-order valence-corrected chi connectivity index (χ1v) is 6.56. The normalized spacial score (nSPS) is 21.9. The van der Waals surface area contributed by atoms with E-state index < -0.39 is 0 Å². The maximum Gasteiger partial charge on any atom is 0.219 e. The lowest BCUT2D eigenvalue weighted by Crippen LogP contribution is -2.48. The van der Waals surface area contributed by atoms with Crippen molar-refractivity contribution in [3.8, 4) is 0 Å². The van der Waals surface area contributed by atoms with Gasteiger partial charge >= 0.3 is 0 Å². The van der Waals surface area contributed by atoms with Gasteiger partial charge in [0, 0.05) is 32.1 Å². The number of carbonyl (C=O) groups excluding carboxylic acids is 1. The summed E-state index contributed by atoms with van der Waals surface area (Å²) < 4.78 is 0. The number of carbonyl (C=O) groups is 1. The molecule has 0 bridgehead atoms. The predicted octanol–water partition coefficient (Wildman–Crippen LogP) is 2.02. The van der Waals surface area contributed by atoms with Gasteiger partial charge in [0.25, 0.3) is 0 Å². The molecule has 0 aromatic carbocycles. The number of amides is 1. The zero-order valence-corrected chi connectivity index (χ0v) is 11.1. The molecule has 1 fully saturated rings. The van der Waals surface area contributed by atoms with Gasteiger partial charge in [-0.05, 0) is 25.7 Å². The Morgan fingerprint density at radius 1 is 1.38 bits per heavy atom. The van der Waals surface area contributed by atoms with Crippen molar-refractivity contribution in [2.24, 2.45) is 5.92 Å². The molecule has 1 rings (SSSR count). The Hall–Kier alpha value is -0.570. The van der Waals surface area contributed by atoms with Gasteiger partial charge in [-0.25, -0.2) is 0 Å². The molecule has 2 unspecified atom stereocenters. The molecule has 94 valence electrons. The van der Waals surface area contributed by atoms with E-state index in [4.69, 9.17) is 0 Å². The summed E-state index contributed by atoms with van der Waals surface area (Å²) in [5, 5.41) is 3.69. The van der Waals surface area contributed by atoms with E-state index in [-0.39, 0.29) is 5.91 Å². The van der Waals surface area contributed by atoms with Crippen LogP contribution in [0, 0.1) is 5.92 Å². The SMILES string of the molecule is CCC(C)C(C)NC1CCN(C(C)=O)CC1. The molecule has 1 N–H and O–H groups in total. The minimum absolute atomic E-state index is 0.216. The largest absolute Gasteiger partial charge is 0.343 e. The molecule has 1 saturated heterocycles. The highest BCUT2D eigenvalue weighted by molar-refractivity contribution is 5.73. The number of nitrogens with zero attached hydrogens (tertiary/aromatic N) is 1. The molecule has 3 heteroatoms. The third kappa shape index (κ3) is 3.78. The molecule has 2 atom stereocenters. The van der Waals surface area contributed by atoms with E-state index in [9.17, 15) is 4.79 Å². The molecule has 1 aliphatic heterocycles. The van der Waals surface area contributed by atoms with Crippen LogP contribution >= 0.6 is 0 Å². The molecule has 0 aliphatic carbocycles. The topological polar surface area (TPSA) is 32.3 Å². The van der Waals surface area contributed by atoms with Gasteiger partial charge in [-0.2, -0.15) is 0 Å². The molecule has 1 aliphatic rings. The average Bonchev–Trinajstić information content (AvgIpc) is 2.28. The van der Waals surface area contributed by atoms with Crippen LogP contribution in [0.25, 0.3) is 0 Å². The van der Waals surface area contributed by atoms with E-state index in [0.29, 0.717) is 12.1 Å². The van der Waals surface area contributed by atoms with Crippen molar-refractivity contribution in [2.75, 3.05) is 13.1 Å². The fourth-order valence-corrected chi connectivity index (χ4v) is 2.25. The first kappa shape index (κ1) is 13.5. The van der Waals surface area contributed by atoms with E-state index >= 15 is 0 Å². The van der Waals surface area contributed by atoms with Crippen LogP contribution in [0.3, 0.4) is 0 Å². The lowest BCUT2D eigenvalue weighted by Gasteiger charge is -2.34. The number of hydrogen-bond acceptors (Lipinski definition) is 2. The first-order chi connectivity index (χ1) is 7.54. The van der Waals surface area contributed by atoms with Crippen molar-refractivity contribution in [1.82, 2.24) is 10.2 Å². The number of likely N-dealkylation sites (tertiary alicyclic amines) is 1. The molecule has 0 aromatic rings. The Kier molecular flexibility index (Phi) is 5.26. The molecule has 16 heavy (non-hydrogen) atoms.